The molecule has 0 radical (unpaired) electrons. The van der Waals surface area contributed by atoms with E-state index in [1.54, 1.807) is 19.1 Å². The van der Waals surface area contributed by atoms with Gasteiger partial charge in [0.25, 0.3) is 0 Å². The Bertz CT molecular complexity index is 388. The third-order valence-corrected chi connectivity index (χ3v) is 2.40. The Morgan fingerprint density at radius 2 is 2.12 bits per heavy atom. The summed E-state index contributed by atoms with van der Waals surface area (Å²) in [5, 5.41) is 2.77. The van der Waals surface area contributed by atoms with Crippen LogP contribution in [0.4, 0.5) is 4.39 Å². The maximum absolute atomic E-state index is 13.1. The van der Waals surface area contributed by atoms with Crippen molar-refractivity contribution in [3.63, 3.8) is 0 Å². The summed E-state index contributed by atoms with van der Waals surface area (Å²) in [4.78, 5) is 11.5. The first-order valence-corrected chi connectivity index (χ1v) is 5.16. The molecule has 16 heavy (non-hydrogen) atoms. The fourth-order valence-corrected chi connectivity index (χ4v) is 1.37. The zero-order valence-corrected chi connectivity index (χ0v) is 9.75. The lowest BCUT2D eigenvalue weighted by Crippen LogP contribution is -2.47. The number of rotatable bonds is 3. The highest BCUT2D eigenvalue weighted by Gasteiger charge is 2.24. The molecule has 0 aliphatic heterocycles. The first kappa shape index (κ1) is 12.6. The normalized spacial score (nSPS) is 13.3. The van der Waals surface area contributed by atoms with Gasteiger partial charge in [0.05, 0.1) is 11.6 Å². The number of nitrogens with two attached hydrogens (primary N) is 1. The van der Waals surface area contributed by atoms with Crippen LogP contribution in [-0.4, -0.2) is 11.9 Å². The number of hydrogen-bond acceptors (Lipinski definition) is 2. The molecule has 0 aliphatic carbocycles. The molecule has 0 heterocycles. The molecule has 0 bridgehead atoms. The molecule has 1 rings (SSSR count). The van der Waals surface area contributed by atoms with Crippen LogP contribution in [0.15, 0.2) is 24.3 Å². The number of nitrogens with one attached hydrogen (secondary N) is 1. The van der Waals surface area contributed by atoms with Crippen molar-refractivity contribution in [1.29, 1.82) is 0 Å². The quantitative estimate of drug-likeness (QED) is 0.818. The van der Waals surface area contributed by atoms with Crippen molar-refractivity contribution >= 4 is 5.91 Å². The molecule has 1 aromatic carbocycles. The Morgan fingerprint density at radius 3 is 2.62 bits per heavy atom. The van der Waals surface area contributed by atoms with Crippen molar-refractivity contribution in [1.82, 2.24) is 5.32 Å². The lowest BCUT2D eigenvalue weighted by Gasteiger charge is -2.27. The smallest absolute Gasteiger partial charge is 0.237 e. The number of hydrogen-bond donors (Lipinski definition) is 2. The van der Waals surface area contributed by atoms with E-state index in [-0.39, 0.29) is 11.7 Å². The Kier molecular flexibility index (Phi) is 3.65. The molecule has 88 valence electrons. The van der Waals surface area contributed by atoms with Gasteiger partial charge >= 0.3 is 0 Å². The average Bonchev–Trinajstić information content (AvgIpc) is 2.17. The second kappa shape index (κ2) is 4.61. The van der Waals surface area contributed by atoms with Crippen molar-refractivity contribution in [2.45, 2.75) is 32.4 Å². The van der Waals surface area contributed by atoms with E-state index < -0.39 is 11.6 Å². The minimum atomic E-state index is -0.632. The summed E-state index contributed by atoms with van der Waals surface area (Å²) in [5.41, 5.74) is 5.54. The summed E-state index contributed by atoms with van der Waals surface area (Å²) in [6, 6.07) is 5.58. The number of halogens is 1. The zero-order valence-electron chi connectivity index (χ0n) is 9.75. The monoisotopic (exact) mass is 224 g/mol. The van der Waals surface area contributed by atoms with E-state index in [1.165, 1.54) is 12.1 Å². The molecular formula is C12H17FN2O. The molecule has 1 aromatic rings. The lowest BCUT2D eigenvalue weighted by atomic mass is 9.94. The van der Waals surface area contributed by atoms with Crippen LogP contribution >= 0.6 is 0 Å². The van der Waals surface area contributed by atoms with Crippen molar-refractivity contribution in [3.8, 4) is 0 Å². The molecule has 0 fully saturated rings. The summed E-state index contributed by atoms with van der Waals surface area (Å²) >= 11 is 0. The van der Waals surface area contributed by atoms with Crippen molar-refractivity contribution in [3.05, 3.63) is 35.6 Å². The van der Waals surface area contributed by atoms with Crippen LogP contribution < -0.4 is 11.1 Å². The van der Waals surface area contributed by atoms with E-state index in [9.17, 15) is 9.18 Å². The van der Waals surface area contributed by atoms with Gasteiger partial charge in [0, 0.05) is 0 Å². The number of carbonyl (C=O) groups is 1. The van der Waals surface area contributed by atoms with Gasteiger partial charge in [-0.3, -0.25) is 4.79 Å². The molecule has 1 amide bonds. The highest BCUT2D eigenvalue weighted by Crippen LogP contribution is 2.20. The summed E-state index contributed by atoms with van der Waals surface area (Å²) < 4.78 is 13.1. The molecular weight excluding hydrogens is 207 g/mol. The summed E-state index contributed by atoms with van der Waals surface area (Å²) in [7, 11) is 0. The molecule has 0 aromatic heterocycles. The van der Waals surface area contributed by atoms with E-state index in [4.69, 9.17) is 5.73 Å². The maximum Gasteiger partial charge on any atom is 0.237 e. The fourth-order valence-electron chi connectivity index (χ4n) is 1.37. The SMILES string of the molecule is C[C@H](N)C(=O)NC(C)(C)c1cccc(F)c1. The molecule has 0 saturated carbocycles. The lowest BCUT2D eigenvalue weighted by molar-refractivity contribution is -0.123. The number of amides is 1. The largest absolute Gasteiger partial charge is 0.346 e. The van der Waals surface area contributed by atoms with Gasteiger partial charge in [-0.1, -0.05) is 12.1 Å². The van der Waals surface area contributed by atoms with Gasteiger partial charge in [0.15, 0.2) is 0 Å². The van der Waals surface area contributed by atoms with Crippen LogP contribution in [0.3, 0.4) is 0 Å². The van der Waals surface area contributed by atoms with E-state index in [1.807, 2.05) is 13.8 Å². The molecule has 0 spiro atoms. The van der Waals surface area contributed by atoms with E-state index >= 15 is 0 Å². The first-order valence-electron chi connectivity index (χ1n) is 5.16. The Labute approximate surface area is 94.8 Å². The van der Waals surface area contributed by atoms with Crippen molar-refractivity contribution in [2.24, 2.45) is 5.73 Å². The maximum atomic E-state index is 13.1. The zero-order chi connectivity index (χ0) is 12.3. The standard InChI is InChI=1S/C12H17FN2O/c1-8(14)11(16)15-12(2,3)9-5-4-6-10(13)7-9/h4-8H,14H2,1-3H3,(H,15,16)/t8-/m0/s1. The third-order valence-electron chi connectivity index (χ3n) is 2.40. The van der Waals surface area contributed by atoms with Gasteiger partial charge in [-0.15, -0.1) is 0 Å². The molecule has 0 unspecified atom stereocenters. The Morgan fingerprint density at radius 1 is 1.50 bits per heavy atom. The highest BCUT2D eigenvalue weighted by atomic mass is 19.1. The second-order valence-electron chi connectivity index (χ2n) is 4.41. The number of benzene rings is 1. The van der Waals surface area contributed by atoms with Crippen molar-refractivity contribution in [2.75, 3.05) is 0 Å². The summed E-state index contributed by atoms with van der Waals surface area (Å²) in [6.07, 6.45) is 0. The second-order valence-corrected chi connectivity index (χ2v) is 4.41. The molecule has 3 N–H and O–H groups in total. The predicted octanol–water partition coefficient (Wildman–Crippen LogP) is 1.52. The molecule has 0 saturated heterocycles. The highest BCUT2D eigenvalue weighted by molar-refractivity contribution is 5.81. The summed E-state index contributed by atoms with van der Waals surface area (Å²) in [6.45, 7) is 5.22. The third kappa shape index (κ3) is 3.03. The van der Waals surface area contributed by atoms with Gasteiger partial charge in [0.2, 0.25) is 5.91 Å². The molecule has 3 nitrogen and oxygen atoms in total. The van der Waals surface area contributed by atoms with Gasteiger partial charge in [-0.25, -0.2) is 4.39 Å². The van der Waals surface area contributed by atoms with Crippen LogP contribution in [0.5, 0.6) is 0 Å². The van der Waals surface area contributed by atoms with Crippen LogP contribution in [0, 0.1) is 5.82 Å². The fraction of sp³-hybridized carbons (Fsp3) is 0.417. The van der Waals surface area contributed by atoms with Crippen LogP contribution in [0.2, 0.25) is 0 Å². The van der Waals surface area contributed by atoms with Gasteiger partial charge < -0.3 is 11.1 Å². The van der Waals surface area contributed by atoms with Gasteiger partial charge in [-0.2, -0.15) is 0 Å². The Hall–Kier alpha value is -1.42. The Balaban J connectivity index is 2.89. The predicted molar refractivity (Wildman–Crippen MR) is 61.2 cm³/mol. The minimum Gasteiger partial charge on any atom is -0.346 e. The van der Waals surface area contributed by atoms with E-state index in [0.29, 0.717) is 5.56 Å². The van der Waals surface area contributed by atoms with E-state index in [2.05, 4.69) is 5.32 Å². The molecule has 4 heteroatoms. The topological polar surface area (TPSA) is 55.1 Å². The summed E-state index contributed by atoms with van der Waals surface area (Å²) in [5.74, 6) is -0.574. The first-order chi connectivity index (χ1) is 7.33. The average molecular weight is 224 g/mol. The van der Waals surface area contributed by atoms with Gasteiger partial charge in [-0.05, 0) is 38.5 Å². The minimum absolute atomic E-state index is 0.255. The molecule has 0 aliphatic rings. The van der Waals surface area contributed by atoms with Crippen molar-refractivity contribution < 1.29 is 9.18 Å². The van der Waals surface area contributed by atoms with E-state index in [0.717, 1.165) is 0 Å². The van der Waals surface area contributed by atoms with Gasteiger partial charge in [0.1, 0.15) is 5.82 Å². The van der Waals surface area contributed by atoms with Crippen LogP contribution in [0.1, 0.15) is 26.3 Å². The molecule has 1 atom stereocenters. The van der Waals surface area contributed by atoms with Crippen LogP contribution in [0.25, 0.3) is 0 Å². The van der Waals surface area contributed by atoms with Crippen LogP contribution in [-0.2, 0) is 10.3 Å². The number of carbonyl (C=O) groups excluding carboxylic acids is 1.